The van der Waals surface area contributed by atoms with Crippen LogP contribution < -0.4 is 5.73 Å². The van der Waals surface area contributed by atoms with Crippen LogP contribution in [-0.2, 0) is 0 Å². The summed E-state index contributed by atoms with van der Waals surface area (Å²) in [7, 11) is 0. The summed E-state index contributed by atoms with van der Waals surface area (Å²) in [6.07, 6.45) is 4.21. The maximum absolute atomic E-state index is 8.81. The van der Waals surface area contributed by atoms with Gasteiger partial charge in [-0.3, -0.25) is 0 Å². The fraction of sp³-hybridized carbons (Fsp3) is 0.929. The molecule has 0 aromatic rings. The molecule has 0 radical (unpaired) electrons. The van der Waals surface area contributed by atoms with Crippen LogP contribution in [0.5, 0.6) is 0 Å². The van der Waals surface area contributed by atoms with Gasteiger partial charge in [0.25, 0.3) is 0 Å². The summed E-state index contributed by atoms with van der Waals surface area (Å²) in [4.78, 5) is 2.49. The fourth-order valence-corrected chi connectivity index (χ4v) is 1.83. The second-order valence-corrected chi connectivity index (χ2v) is 5.39. The predicted molar refractivity (Wildman–Crippen MR) is 73.6 cm³/mol. The Morgan fingerprint density at radius 3 is 2.47 bits per heavy atom. The van der Waals surface area contributed by atoms with Crippen LogP contribution in [0.25, 0.3) is 0 Å². The van der Waals surface area contributed by atoms with E-state index >= 15 is 0 Å². The SMILES string of the molecule is CCC(C)CN(CC)CCCCC(C)(N)C#N. The highest BCUT2D eigenvalue weighted by Gasteiger charge is 2.16. The molecule has 0 amide bonds. The summed E-state index contributed by atoms with van der Waals surface area (Å²) in [5.74, 6) is 0.772. The second-order valence-electron chi connectivity index (χ2n) is 5.39. The Morgan fingerprint density at radius 1 is 1.35 bits per heavy atom. The molecule has 3 nitrogen and oxygen atoms in total. The minimum atomic E-state index is -0.645. The first kappa shape index (κ1) is 16.4. The molecule has 0 aliphatic rings. The van der Waals surface area contributed by atoms with Gasteiger partial charge in [0.2, 0.25) is 0 Å². The molecule has 0 aliphatic heterocycles. The van der Waals surface area contributed by atoms with Crippen LogP contribution in [0.4, 0.5) is 0 Å². The molecule has 0 spiro atoms. The Bertz CT molecular complexity index is 230. The van der Waals surface area contributed by atoms with E-state index in [1.165, 1.54) is 13.0 Å². The Kier molecular flexibility index (Phi) is 8.20. The minimum absolute atomic E-state index is 0.645. The van der Waals surface area contributed by atoms with Gasteiger partial charge >= 0.3 is 0 Å². The van der Waals surface area contributed by atoms with Crippen LogP contribution in [0, 0.1) is 17.2 Å². The van der Waals surface area contributed by atoms with Crippen LogP contribution in [0.3, 0.4) is 0 Å². The van der Waals surface area contributed by atoms with Gasteiger partial charge < -0.3 is 10.6 Å². The Hall–Kier alpha value is -0.590. The molecule has 0 rings (SSSR count). The molecular weight excluding hydrogens is 210 g/mol. The average Bonchev–Trinajstić information content (AvgIpc) is 2.32. The standard InChI is InChI=1S/C14H29N3/c1-5-13(3)11-17(6-2)10-8-7-9-14(4,16)12-15/h13H,5-11,16H2,1-4H3. The van der Waals surface area contributed by atoms with Crippen molar-refractivity contribution in [3.8, 4) is 6.07 Å². The zero-order chi connectivity index (χ0) is 13.3. The molecule has 0 fully saturated rings. The highest BCUT2D eigenvalue weighted by Crippen LogP contribution is 2.11. The quantitative estimate of drug-likeness (QED) is 0.629. The Balaban J connectivity index is 3.75. The van der Waals surface area contributed by atoms with E-state index in [9.17, 15) is 0 Å². The van der Waals surface area contributed by atoms with E-state index in [0.29, 0.717) is 0 Å². The maximum Gasteiger partial charge on any atom is 0.101 e. The van der Waals surface area contributed by atoms with Crippen molar-refractivity contribution < 1.29 is 0 Å². The molecule has 0 bridgehead atoms. The number of unbranched alkanes of at least 4 members (excludes halogenated alkanes) is 1. The second kappa shape index (κ2) is 8.49. The van der Waals surface area contributed by atoms with E-state index < -0.39 is 5.54 Å². The van der Waals surface area contributed by atoms with E-state index in [-0.39, 0.29) is 0 Å². The average molecular weight is 239 g/mol. The Labute approximate surface area is 107 Å². The first-order chi connectivity index (χ1) is 7.95. The topological polar surface area (TPSA) is 53.0 Å². The van der Waals surface area contributed by atoms with Crippen molar-refractivity contribution in [1.29, 1.82) is 5.26 Å². The molecule has 0 aliphatic carbocycles. The van der Waals surface area contributed by atoms with E-state index in [2.05, 4.69) is 31.7 Å². The van der Waals surface area contributed by atoms with Crippen molar-refractivity contribution in [3.63, 3.8) is 0 Å². The van der Waals surface area contributed by atoms with Gasteiger partial charge in [-0.25, -0.2) is 0 Å². The first-order valence-electron chi connectivity index (χ1n) is 6.87. The summed E-state index contributed by atoms with van der Waals surface area (Å²) in [5.41, 5.74) is 5.15. The van der Waals surface area contributed by atoms with Crippen LogP contribution in [0.1, 0.15) is 53.4 Å². The minimum Gasteiger partial charge on any atom is -0.314 e. The summed E-state index contributed by atoms with van der Waals surface area (Å²) in [6, 6.07) is 2.15. The van der Waals surface area contributed by atoms with Gasteiger partial charge in [0.1, 0.15) is 5.54 Å². The Morgan fingerprint density at radius 2 is 2.00 bits per heavy atom. The number of nitrogens with zero attached hydrogens (tertiary/aromatic N) is 2. The normalized spacial score (nSPS) is 16.5. The molecule has 0 saturated heterocycles. The van der Waals surface area contributed by atoms with Crippen molar-refractivity contribution in [2.75, 3.05) is 19.6 Å². The molecule has 2 unspecified atom stereocenters. The largest absolute Gasteiger partial charge is 0.314 e. The zero-order valence-corrected chi connectivity index (χ0v) is 12.0. The monoisotopic (exact) mass is 239 g/mol. The third-order valence-corrected chi connectivity index (χ3v) is 3.39. The number of nitriles is 1. The van der Waals surface area contributed by atoms with Crippen LogP contribution >= 0.6 is 0 Å². The van der Waals surface area contributed by atoms with Gasteiger partial charge in [0, 0.05) is 6.54 Å². The summed E-state index contributed by atoms with van der Waals surface area (Å²) in [5, 5.41) is 8.81. The predicted octanol–water partition coefficient (Wildman–Crippen LogP) is 2.77. The highest BCUT2D eigenvalue weighted by atomic mass is 15.1. The lowest BCUT2D eigenvalue weighted by Gasteiger charge is -2.24. The number of hydrogen-bond acceptors (Lipinski definition) is 3. The van der Waals surface area contributed by atoms with Crippen molar-refractivity contribution in [3.05, 3.63) is 0 Å². The van der Waals surface area contributed by atoms with E-state index in [1.54, 1.807) is 0 Å². The van der Waals surface area contributed by atoms with E-state index in [1.807, 2.05) is 6.92 Å². The van der Waals surface area contributed by atoms with Gasteiger partial charge in [-0.2, -0.15) is 5.26 Å². The summed E-state index contributed by atoms with van der Waals surface area (Å²) < 4.78 is 0. The molecular formula is C14H29N3. The van der Waals surface area contributed by atoms with E-state index in [0.717, 1.165) is 38.3 Å². The van der Waals surface area contributed by atoms with Gasteiger partial charge in [-0.05, 0) is 45.2 Å². The van der Waals surface area contributed by atoms with E-state index in [4.69, 9.17) is 11.0 Å². The molecule has 17 heavy (non-hydrogen) atoms. The lowest BCUT2D eigenvalue weighted by Crippen LogP contribution is -2.34. The maximum atomic E-state index is 8.81. The molecule has 2 N–H and O–H groups in total. The summed E-state index contributed by atoms with van der Waals surface area (Å²) >= 11 is 0. The smallest absolute Gasteiger partial charge is 0.101 e. The molecule has 0 aromatic heterocycles. The van der Waals surface area contributed by atoms with Gasteiger partial charge in [-0.15, -0.1) is 0 Å². The molecule has 100 valence electrons. The number of nitrogens with two attached hydrogens (primary N) is 1. The number of hydrogen-bond donors (Lipinski definition) is 1. The van der Waals surface area contributed by atoms with Crippen LogP contribution in [0.2, 0.25) is 0 Å². The molecule has 0 saturated carbocycles. The first-order valence-corrected chi connectivity index (χ1v) is 6.87. The summed E-state index contributed by atoms with van der Waals surface area (Å²) in [6.45, 7) is 12.0. The van der Waals surface area contributed by atoms with Gasteiger partial charge in [-0.1, -0.05) is 27.2 Å². The van der Waals surface area contributed by atoms with Crippen molar-refractivity contribution in [1.82, 2.24) is 4.90 Å². The lowest BCUT2D eigenvalue weighted by atomic mass is 9.98. The fourth-order valence-electron chi connectivity index (χ4n) is 1.83. The van der Waals surface area contributed by atoms with Crippen molar-refractivity contribution in [2.45, 2.75) is 58.9 Å². The number of rotatable bonds is 9. The van der Waals surface area contributed by atoms with Gasteiger partial charge in [0.05, 0.1) is 6.07 Å². The zero-order valence-electron chi connectivity index (χ0n) is 12.0. The molecule has 0 aromatic carbocycles. The van der Waals surface area contributed by atoms with Gasteiger partial charge in [0.15, 0.2) is 0 Å². The molecule has 0 heterocycles. The van der Waals surface area contributed by atoms with Crippen molar-refractivity contribution in [2.24, 2.45) is 11.7 Å². The third kappa shape index (κ3) is 8.18. The van der Waals surface area contributed by atoms with Crippen LogP contribution in [0.15, 0.2) is 0 Å². The van der Waals surface area contributed by atoms with Crippen molar-refractivity contribution >= 4 is 0 Å². The molecule has 3 heteroatoms. The molecule has 2 atom stereocenters. The third-order valence-electron chi connectivity index (χ3n) is 3.39. The highest BCUT2D eigenvalue weighted by molar-refractivity contribution is 5.00. The van der Waals surface area contributed by atoms with Crippen LogP contribution in [-0.4, -0.2) is 30.1 Å². The lowest BCUT2D eigenvalue weighted by molar-refractivity contribution is 0.239.